The van der Waals surface area contributed by atoms with Crippen LogP contribution < -0.4 is 14.4 Å². The molecule has 1 aliphatic heterocycles. The fourth-order valence-electron chi connectivity index (χ4n) is 3.32. The summed E-state index contributed by atoms with van der Waals surface area (Å²) in [5.74, 6) is 0.0216. The highest BCUT2D eigenvalue weighted by atomic mass is 32.2. The van der Waals surface area contributed by atoms with Crippen LogP contribution in [0.3, 0.4) is 0 Å². The van der Waals surface area contributed by atoms with Crippen molar-refractivity contribution in [2.24, 2.45) is 0 Å². The van der Waals surface area contributed by atoms with Crippen LogP contribution in [0.2, 0.25) is 0 Å². The molecule has 0 radical (unpaired) electrons. The fraction of sp³-hybridized carbons (Fsp3) is 0.381. The van der Waals surface area contributed by atoms with Gasteiger partial charge in [0.05, 0.1) is 18.0 Å². The minimum absolute atomic E-state index is 0.0412. The van der Waals surface area contributed by atoms with Crippen LogP contribution in [0.1, 0.15) is 26.3 Å². The summed E-state index contributed by atoms with van der Waals surface area (Å²) in [6.45, 7) is 5.43. The van der Waals surface area contributed by atoms with E-state index in [1.165, 1.54) is 4.31 Å². The molecule has 0 unspecified atom stereocenters. The number of sulfonamides is 1. The average Bonchev–Trinajstić information content (AvgIpc) is 2.67. The number of ether oxygens (including phenoxy) is 1. The molecule has 150 valence electrons. The summed E-state index contributed by atoms with van der Waals surface area (Å²) < 4.78 is 32.2. The minimum Gasteiger partial charge on any atom is -0.476 e. The Bertz CT molecular complexity index is 942. The van der Waals surface area contributed by atoms with Gasteiger partial charge in [-0.3, -0.25) is 9.10 Å². The molecule has 1 atom stereocenters. The Balaban J connectivity index is 1.79. The molecule has 2 aromatic rings. The first kappa shape index (κ1) is 20.2. The van der Waals surface area contributed by atoms with Crippen LogP contribution in [0.4, 0.5) is 5.69 Å². The molecule has 28 heavy (non-hydrogen) atoms. The molecule has 0 fully saturated rings. The Morgan fingerprint density at radius 1 is 1.14 bits per heavy atom. The van der Waals surface area contributed by atoms with Gasteiger partial charge in [0.1, 0.15) is 5.75 Å². The molecule has 0 aliphatic carbocycles. The second-order valence-corrected chi connectivity index (χ2v) is 9.72. The largest absolute Gasteiger partial charge is 0.476 e. The van der Waals surface area contributed by atoms with E-state index in [9.17, 15) is 13.2 Å². The van der Waals surface area contributed by atoms with Crippen molar-refractivity contribution in [1.29, 1.82) is 0 Å². The number of para-hydroxylation sites is 2. The van der Waals surface area contributed by atoms with Gasteiger partial charge in [0.25, 0.3) is 5.91 Å². The number of carbonyl (C=O) groups is 1. The van der Waals surface area contributed by atoms with Crippen LogP contribution in [-0.4, -0.2) is 38.3 Å². The first-order valence-electron chi connectivity index (χ1n) is 9.34. The zero-order chi connectivity index (χ0) is 20.4. The van der Waals surface area contributed by atoms with Crippen LogP contribution >= 0.6 is 0 Å². The standard InChI is InChI=1S/C21H26N2O4S/c1-4-28(25,26)23-15-19(27-18-13-9-8-12-17(18)23)20(24)22-21(2,3)14-16-10-6-5-7-11-16/h5-13,19H,4,14-15H2,1-3H3,(H,22,24)/t19-/m0/s1. The highest BCUT2D eigenvalue weighted by molar-refractivity contribution is 7.92. The molecule has 2 aromatic carbocycles. The number of benzene rings is 2. The quantitative estimate of drug-likeness (QED) is 0.806. The molecule has 1 aliphatic rings. The summed E-state index contributed by atoms with van der Waals surface area (Å²) in [6.07, 6.45) is -0.258. The maximum Gasteiger partial charge on any atom is 0.263 e. The molecule has 0 bridgehead atoms. The Labute approximate surface area is 166 Å². The van der Waals surface area contributed by atoms with E-state index in [-0.39, 0.29) is 18.2 Å². The van der Waals surface area contributed by atoms with Gasteiger partial charge < -0.3 is 10.1 Å². The lowest BCUT2D eigenvalue weighted by Crippen LogP contribution is -2.55. The molecule has 0 spiro atoms. The predicted molar refractivity (Wildman–Crippen MR) is 110 cm³/mol. The van der Waals surface area contributed by atoms with Crippen LogP contribution in [-0.2, 0) is 21.2 Å². The van der Waals surface area contributed by atoms with Gasteiger partial charge in [0.2, 0.25) is 10.0 Å². The van der Waals surface area contributed by atoms with E-state index in [0.29, 0.717) is 17.9 Å². The van der Waals surface area contributed by atoms with E-state index in [0.717, 1.165) is 5.56 Å². The second kappa shape index (κ2) is 7.83. The summed E-state index contributed by atoms with van der Waals surface area (Å²) in [5, 5.41) is 3.01. The monoisotopic (exact) mass is 402 g/mol. The third kappa shape index (κ3) is 4.47. The van der Waals surface area contributed by atoms with Crippen LogP contribution in [0.15, 0.2) is 54.6 Å². The Kier molecular flexibility index (Phi) is 5.65. The highest BCUT2D eigenvalue weighted by Gasteiger charge is 2.37. The summed E-state index contributed by atoms with van der Waals surface area (Å²) in [4.78, 5) is 12.9. The number of nitrogens with zero attached hydrogens (tertiary/aromatic N) is 1. The lowest BCUT2D eigenvalue weighted by atomic mass is 9.94. The molecule has 6 nitrogen and oxygen atoms in total. The van der Waals surface area contributed by atoms with Gasteiger partial charge in [-0.2, -0.15) is 0 Å². The van der Waals surface area contributed by atoms with Gasteiger partial charge >= 0.3 is 0 Å². The molecule has 1 amide bonds. The number of fused-ring (bicyclic) bond motifs is 1. The summed E-state index contributed by atoms with van der Waals surface area (Å²) in [7, 11) is -3.52. The van der Waals surface area contributed by atoms with Crippen LogP contribution in [0.5, 0.6) is 5.75 Å². The second-order valence-electron chi connectivity index (χ2n) is 7.54. The smallest absolute Gasteiger partial charge is 0.263 e. The predicted octanol–water partition coefficient (Wildman–Crippen LogP) is 2.74. The summed E-state index contributed by atoms with van der Waals surface area (Å²) in [5.41, 5.74) is 1.07. The SMILES string of the molecule is CCS(=O)(=O)N1C[C@@H](C(=O)NC(C)(C)Cc2ccccc2)Oc2ccccc21. The van der Waals surface area contributed by atoms with Crippen LogP contribution in [0.25, 0.3) is 0 Å². The fourth-order valence-corrected chi connectivity index (χ4v) is 4.45. The topological polar surface area (TPSA) is 75.7 Å². The van der Waals surface area contributed by atoms with E-state index >= 15 is 0 Å². The number of hydrogen-bond donors (Lipinski definition) is 1. The van der Waals surface area contributed by atoms with Gasteiger partial charge in [0.15, 0.2) is 6.10 Å². The van der Waals surface area contributed by atoms with Crippen molar-refractivity contribution < 1.29 is 17.9 Å². The number of carbonyl (C=O) groups excluding carboxylic acids is 1. The minimum atomic E-state index is -3.52. The third-order valence-electron chi connectivity index (χ3n) is 4.68. The zero-order valence-corrected chi connectivity index (χ0v) is 17.2. The summed E-state index contributed by atoms with van der Waals surface area (Å²) in [6, 6.07) is 16.8. The lowest BCUT2D eigenvalue weighted by Gasteiger charge is -2.36. The van der Waals surface area contributed by atoms with E-state index in [2.05, 4.69) is 5.32 Å². The van der Waals surface area contributed by atoms with E-state index in [4.69, 9.17) is 4.74 Å². The van der Waals surface area contributed by atoms with Crippen LogP contribution in [0, 0.1) is 0 Å². The third-order valence-corrected chi connectivity index (χ3v) is 6.43. The van der Waals surface area contributed by atoms with Crippen molar-refractivity contribution in [3.63, 3.8) is 0 Å². The number of hydrogen-bond acceptors (Lipinski definition) is 4. The van der Waals surface area contributed by atoms with E-state index in [1.807, 2.05) is 44.2 Å². The first-order chi connectivity index (χ1) is 13.2. The van der Waals surface area contributed by atoms with Gasteiger partial charge in [-0.25, -0.2) is 8.42 Å². The van der Waals surface area contributed by atoms with Crippen molar-refractivity contribution in [2.75, 3.05) is 16.6 Å². The van der Waals surface area contributed by atoms with Gasteiger partial charge in [-0.05, 0) is 44.9 Å². The molecule has 7 heteroatoms. The molecule has 0 saturated heterocycles. The zero-order valence-electron chi connectivity index (χ0n) is 16.4. The maximum absolute atomic E-state index is 12.9. The van der Waals surface area contributed by atoms with Gasteiger partial charge in [0, 0.05) is 5.54 Å². The average molecular weight is 403 g/mol. The van der Waals surface area contributed by atoms with E-state index < -0.39 is 21.7 Å². The van der Waals surface area contributed by atoms with Crippen molar-refractivity contribution in [3.05, 3.63) is 60.2 Å². The normalized spacial score (nSPS) is 16.8. The first-order valence-corrected chi connectivity index (χ1v) is 10.9. The van der Waals surface area contributed by atoms with Gasteiger partial charge in [-0.15, -0.1) is 0 Å². The lowest BCUT2D eigenvalue weighted by molar-refractivity contribution is -0.129. The number of nitrogens with one attached hydrogen (secondary N) is 1. The molecular weight excluding hydrogens is 376 g/mol. The molecule has 1 N–H and O–H groups in total. The molecule has 3 rings (SSSR count). The Morgan fingerprint density at radius 3 is 2.46 bits per heavy atom. The Hall–Kier alpha value is -2.54. The highest BCUT2D eigenvalue weighted by Crippen LogP contribution is 2.35. The summed E-state index contributed by atoms with van der Waals surface area (Å²) >= 11 is 0. The van der Waals surface area contributed by atoms with Crippen molar-refractivity contribution >= 4 is 21.6 Å². The maximum atomic E-state index is 12.9. The number of rotatable bonds is 6. The van der Waals surface area contributed by atoms with Crippen molar-refractivity contribution in [2.45, 2.75) is 38.8 Å². The molecule has 0 aromatic heterocycles. The van der Waals surface area contributed by atoms with Gasteiger partial charge in [-0.1, -0.05) is 42.5 Å². The molecule has 1 heterocycles. The number of amides is 1. The molecule has 0 saturated carbocycles. The molecular formula is C21H26N2O4S. The number of anilines is 1. The Morgan fingerprint density at radius 2 is 1.79 bits per heavy atom. The van der Waals surface area contributed by atoms with Crippen molar-refractivity contribution in [3.8, 4) is 5.75 Å². The van der Waals surface area contributed by atoms with Crippen molar-refractivity contribution in [1.82, 2.24) is 5.32 Å². The van der Waals surface area contributed by atoms with E-state index in [1.54, 1.807) is 31.2 Å².